The lowest BCUT2D eigenvalue weighted by atomic mass is 9.97. The molecule has 1 aliphatic rings. The van der Waals surface area contributed by atoms with Crippen molar-refractivity contribution >= 4 is 15.9 Å². The van der Waals surface area contributed by atoms with Crippen LogP contribution in [0.2, 0.25) is 0 Å². The van der Waals surface area contributed by atoms with E-state index in [9.17, 15) is 17.6 Å². The Labute approximate surface area is 164 Å². The van der Waals surface area contributed by atoms with Crippen LogP contribution in [0.25, 0.3) is 0 Å². The Morgan fingerprint density at radius 3 is 2.36 bits per heavy atom. The van der Waals surface area contributed by atoms with Crippen LogP contribution in [0.5, 0.6) is 0 Å². The van der Waals surface area contributed by atoms with E-state index in [2.05, 4.69) is 5.32 Å². The molecule has 1 heterocycles. The van der Waals surface area contributed by atoms with Crippen LogP contribution in [0, 0.1) is 11.7 Å². The molecule has 3 rings (SSSR count). The van der Waals surface area contributed by atoms with Gasteiger partial charge in [0, 0.05) is 31.1 Å². The molecule has 0 unspecified atom stereocenters. The zero-order valence-corrected chi connectivity index (χ0v) is 16.2. The Morgan fingerprint density at radius 1 is 1.11 bits per heavy atom. The topological polar surface area (TPSA) is 86.7 Å². The summed E-state index contributed by atoms with van der Waals surface area (Å²) < 4.78 is 40.5. The zero-order chi connectivity index (χ0) is 20.1. The van der Waals surface area contributed by atoms with Crippen molar-refractivity contribution < 1.29 is 22.7 Å². The van der Waals surface area contributed by atoms with Gasteiger partial charge in [0.05, 0.1) is 11.5 Å². The molecule has 1 saturated heterocycles. The van der Waals surface area contributed by atoms with Crippen molar-refractivity contribution in [2.75, 3.05) is 13.1 Å². The molecule has 6 nitrogen and oxygen atoms in total. The molecule has 0 atom stereocenters. The van der Waals surface area contributed by atoms with Crippen molar-refractivity contribution in [2.45, 2.75) is 30.9 Å². The van der Waals surface area contributed by atoms with E-state index in [4.69, 9.17) is 5.11 Å². The number of hydrogen-bond acceptors (Lipinski definition) is 4. The summed E-state index contributed by atoms with van der Waals surface area (Å²) in [5.41, 5.74) is 1.06. The van der Waals surface area contributed by atoms with Crippen LogP contribution < -0.4 is 5.32 Å². The largest absolute Gasteiger partial charge is 0.392 e. The summed E-state index contributed by atoms with van der Waals surface area (Å²) in [6.07, 6.45) is 0.827. The first-order chi connectivity index (χ1) is 13.4. The number of sulfonamides is 1. The van der Waals surface area contributed by atoms with E-state index in [0.29, 0.717) is 24.0 Å². The molecular weight excluding hydrogens is 383 g/mol. The minimum Gasteiger partial charge on any atom is -0.392 e. The Kier molecular flexibility index (Phi) is 6.43. The van der Waals surface area contributed by atoms with Crippen molar-refractivity contribution in [3.63, 3.8) is 0 Å². The third kappa shape index (κ3) is 4.57. The summed E-state index contributed by atoms with van der Waals surface area (Å²) in [6.45, 7) is 0.471. The summed E-state index contributed by atoms with van der Waals surface area (Å²) in [5.74, 6) is -0.849. The highest BCUT2D eigenvalue weighted by Crippen LogP contribution is 2.24. The Balaban J connectivity index is 1.55. The van der Waals surface area contributed by atoms with Crippen molar-refractivity contribution in [3.8, 4) is 0 Å². The van der Waals surface area contributed by atoms with E-state index >= 15 is 0 Å². The zero-order valence-electron chi connectivity index (χ0n) is 15.3. The molecule has 1 amide bonds. The maximum absolute atomic E-state index is 13.6. The highest BCUT2D eigenvalue weighted by molar-refractivity contribution is 7.89. The fourth-order valence-electron chi connectivity index (χ4n) is 3.24. The number of aliphatic hydroxyl groups is 1. The molecule has 2 aromatic carbocycles. The normalized spacial score (nSPS) is 16.1. The second kappa shape index (κ2) is 8.81. The van der Waals surface area contributed by atoms with Gasteiger partial charge in [-0.1, -0.05) is 30.3 Å². The predicted molar refractivity (Wildman–Crippen MR) is 102 cm³/mol. The van der Waals surface area contributed by atoms with Crippen molar-refractivity contribution in [1.82, 2.24) is 9.62 Å². The molecule has 0 aliphatic carbocycles. The monoisotopic (exact) mass is 406 g/mol. The lowest BCUT2D eigenvalue weighted by Crippen LogP contribution is -2.42. The summed E-state index contributed by atoms with van der Waals surface area (Å²) in [7, 11) is -3.63. The minimum atomic E-state index is -3.63. The van der Waals surface area contributed by atoms with Crippen LogP contribution in [0.1, 0.15) is 24.0 Å². The third-order valence-electron chi connectivity index (χ3n) is 4.98. The average molecular weight is 406 g/mol. The molecule has 0 spiro atoms. The van der Waals surface area contributed by atoms with Gasteiger partial charge in [0.25, 0.3) is 0 Å². The lowest BCUT2D eigenvalue weighted by Gasteiger charge is -2.30. The Morgan fingerprint density at radius 2 is 1.75 bits per heavy atom. The smallest absolute Gasteiger partial charge is 0.243 e. The van der Waals surface area contributed by atoms with Gasteiger partial charge < -0.3 is 10.4 Å². The van der Waals surface area contributed by atoms with Crippen LogP contribution in [-0.2, 0) is 28.0 Å². The fourth-order valence-corrected chi connectivity index (χ4v) is 4.71. The van der Waals surface area contributed by atoms with Crippen LogP contribution in [0.15, 0.2) is 53.4 Å². The fraction of sp³-hybridized carbons (Fsp3) is 0.350. The SMILES string of the molecule is O=C(NCc1ccccc1F)C1CCN(S(=O)(=O)c2ccc(CO)cc2)CC1. The molecule has 2 aromatic rings. The quantitative estimate of drug-likeness (QED) is 0.769. The molecule has 0 radical (unpaired) electrons. The van der Waals surface area contributed by atoms with Crippen LogP contribution >= 0.6 is 0 Å². The molecule has 0 saturated carbocycles. The number of nitrogens with one attached hydrogen (secondary N) is 1. The maximum atomic E-state index is 13.6. The Bertz CT molecular complexity index is 923. The molecule has 8 heteroatoms. The summed E-state index contributed by atoms with van der Waals surface area (Å²) in [5, 5.41) is 11.8. The van der Waals surface area contributed by atoms with E-state index in [0.717, 1.165) is 0 Å². The first kappa shape index (κ1) is 20.4. The number of amides is 1. The Hall–Kier alpha value is -2.29. The molecular formula is C20H23FN2O4S. The number of halogens is 1. The molecule has 1 aliphatic heterocycles. The number of carbonyl (C=O) groups is 1. The van der Waals surface area contributed by atoms with Gasteiger partial charge >= 0.3 is 0 Å². The van der Waals surface area contributed by atoms with Crippen LogP contribution in [-0.4, -0.2) is 36.8 Å². The van der Waals surface area contributed by atoms with Gasteiger partial charge in [-0.3, -0.25) is 4.79 Å². The third-order valence-corrected chi connectivity index (χ3v) is 6.89. The first-order valence-electron chi connectivity index (χ1n) is 9.13. The van der Waals surface area contributed by atoms with E-state index in [-0.39, 0.29) is 48.8 Å². The van der Waals surface area contributed by atoms with Gasteiger partial charge in [0.1, 0.15) is 5.82 Å². The molecule has 150 valence electrons. The summed E-state index contributed by atoms with van der Waals surface area (Å²) >= 11 is 0. The highest BCUT2D eigenvalue weighted by atomic mass is 32.2. The average Bonchev–Trinajstić information content (AvgIpc) is 2.73. The number of carbonyl (C=O) groups excluding carboxylic acids is 1. The maximum Gasteiger partial charge on any atom is 0.243 e. The summed E-state index contributed by atoms with van der Waals surface area (Å²) in [4.78, 5) is 12.5. The highest BCUT2D eigenvalue weighted by Gasteiger charge is 2.32. The van der Waals surface area contributed by atoms with E-state index in [1.165, 1.54) is 22.5 Å². The number of nitrogens with zero attached hydrogens (tertiary/aromatic N) is 1. The number of piperidine rings is 1. The lowest BCUT2D eigenvalue weighted by molar-refractivity contribution is -0.126. The standard InChI is InChI=1S/C20H23FN2O4S/c21-19-4-2-1-3-17(19)13-22-20(25)16-9-11-23(12-10-16)28(26,27)18-7-5-15(14-24)6-8-18/h1-8,16,24H,9-14H2,(H,22,25). The summed E-state index contributed by atoms with van der Waals surface area (Å²) in [6, 6.07) is 12.4. The molecule has 0 aromatic heterocycles. The molecule has 28 heavy (non-hydrogen) atoms. The van der Waals surface area contributed by atoms with E-state index in [1.54, 1.807) is 30.3 Å². The van der Waals surface area contributed by atoms with Gasteiger partial charge in [-0.2, -0.15) is 4.31 Å². The van der Waals surface area contributed by atoms with E-state index in [1.807, 2.05) is 0 Å². The van der Waals surface area contributed by atoms with E-state index < -0.39 is 10.0 Å². The van der Waals surface area contributed by atoms with Gasteiger partial charge in [-0.05, 0) is 36.6 Å². The number of hydrogen-bond donors (Lipinski definition) is 2. The predicted octanol–water partition coefficient (Wildman–Crippen LogP) is 2.04. The second-order valence-corrected chi connectivity index (χ2v) is 8.73. The molecule has 1 fully saturated rings. The van der Waals surface area contributed by atoms with Crippen molar-refractivity contribution in [2.24, 2.45) is 5.92 Å². The van der Waals surface area contributed by atoms with Crippen molar-refractivity contribution in [1.29, 1.82) is 0 Å². The van der Waals surface area contributed by atoms with Gasteiger partial charge in [0.15, 0.2) is 0 Å². The number of aliphatic hydroxyl groups excluding tert-OH is 1. The second-order valence-electron chi connectivity index (χ2n) is 6.79. The van der Waals surface area contributed by atoms with Gasteiger partial charge in [-0.25, -0.2) is 12.8 Å². The minimum absolute atomic E-state index is 0.112. The molecule has 0 bridgehead atoms. The number of rotatable bonds is 6. The van der Waals surface area contributed by atoms with Crippen molar-refractivity contribution in [3.05, 3.63) is 65.5 Å². The van der Waals surface area contributed by atoms with Gasteiger partial charge in [-0.15, -0.1) is 0 Å². The van der Waals surface area contributed by atoms with Crippen LogP contribution in [0.4, 0.5) is 4.39 Å². The van der Waals surface area contributed by atoms with Gasteiger partial charge in [0.2, 0.25) is 15.9 Å². The van der Waals surface area contributed by atoms with Crippen LogP contribution in [0.3, 0.4) is 0 Å². The first-order valence-corrected chi connectivity index (χ1v) is 10.6. The number of benzene rings is 2. The molecule has 2 N–H and O–H groups in total.